The van der Waals surface area contributed by atoms with Crippen LogP contribution in [0.15, 0.2) is 87.5 Å². The van der Waals surface area contributed by atoms with E-state index in [0.29, 0.717) is 21.2 Å². The van der Waals surface area contributed by atoms with Crippen molar-refractivity contribution in [1.82, 2.24) is 0 Å². The molecule has 3 aromatic carbocycles. The second kappa shape index (κ2) is 9.76. The minimum Gasteiger partial charge on any atom is -0.322 e. The second-order valence-electron chi connectivity index (χ2n) is 6.88. The zero-order valence-corrected chi connectivity index (χ0v) is 20.1. The van der Waals surface area contributed by atoms with Crippen LogP contribution in [0.5, 0.6) is 0 Å². The van der Waals surface area contributed by atoms with Crippen LogP contribution in [0.3, 0.4) is 0 Å². The number of benzene rings is 3. The molecule has 0 bridgehead atoms. The maximum absolute atomic E-state index is 13.1. The molecule has 0 radical (unpaired) electrons. The number of nitrogens with zero attached hydrogens (tertiary/aromatic N) is 1. The number of hydrogen-bond donors (Lipinski definition) is 1. The van der Waals surface area contributed by atoms with Gasteiger partial charge in [-0.3, -0.25) is 17.5 Å². The van der Waals surface area contributed by atoms with Crippen molar-refractivity contribution in [2.24, 2.45) is 0 Å². The lowest BCUT2D eigenvalue weighted by atomic mass is 10.2. The Morgan fingerprint density at radius 3 is 1.91 bits per heavy atom. The van der Waals surface area contributed by atoms with Crippen molar-refractivity contribution in [1.29, 1.82) is 0 Å². The average Bonchev–Trinajstić information content (AvgIpc) is 2.79. The van der Waals surface area contributed by atoms with Gasteiger partial charge in [-0.15, -0.1) is 0 Å². The summed E-state index contributed by atoms with van der Waals surface area (Å²) in [6.07, 6.45) is 3.11. The van der Waals surface area contributed by atoms with Crippen LogP contribution in [0, 0.1) is 0 Å². The van der Waals surface area contributed by atoms with Crippen LogP contribution in [-0.2, 0) is 31.6 Å². The molecule has 1 amide bonds. The van der Waals surface area contributed by atoms with Crippen LogP contribution in [0.4, 0.5) is 11.4 Å². The monoisotopic (exact) mass is 490 g/mol. The van der Waals surface area contributed by atoms with E-state index in [0.717, 1.165) is 4.31 Å². The van der Waals surface area contributed by atoms with E-state index >= 15 is 0 Å². The number of amides is 1. The minimum absolute atomic E-state index is 0.0347. The molecule has 1 N–H and O–H groups in total. The molecular formula is C22H22N2O5S3. The Morgan fingerprint density at radius 1 is 0.844 bits per heavy atom. The first-order valence-electron chi connectivity index (χ1n) is 9.37. The van der Waals surface area contributed by atoms with Gasteiger partial charge in [-0.1, -0.05) is 6.07 Å². The van der Waals surface area contributed by atoms with E-state index in [1.165, 1.54) is 31.3 Å². The van der Waals surface area contributed by atoms with E-state index in [1.807, 2.05) is 0 Å². The number of carbonyl (C=O) groups excluding carboxylic acids is 1. The molecular weight excluding hydrogens is 468 g/mol. The van der Waals surface area contributed by atoms with E-state index < -0.39 is 37.5 Å². The number of sulfonamides is 1. The van der Waals surface area contributed by atoms with Crippen LogP contribution in [0.1, 0.15) is 10.4 Å². The molecule has 2 unspecified atom stereocenters. The Balaban J connectivity index is 1.82. The zero-order chi connectivity index (χ0) is 23.5. The highest BCUT2D eigenvalue weighted by Crippen LogP contribution is 2.24. The minimum atomic E-state index is -3.93. The molecule has 32 heavy (non-hydrogen) atoms. The molecule has 0 heterocycles. The predicted octanol–water partition coefficient (Wildman–Crippen LogP) is 3.24. The van der Waals surface area contributed by atoms with Crippen LogP contribution in [0.25, 0.3) is 0 Å². The third-order valence-corrected chi connectivity index (χ3v) is 8.38. The first kappa shape index (κ1) is 23.8. The molecule has 0 aliphatic rings. The number of rotatable bonds is 7. The molecule has 3 aromatic rings. The molecule has 0 saturated carbocycles. The fourth-order valence-corrected chi connectivity index (χ4v) is 5.16. The zero-order valence-electron chi connectivity index (χ0n) is 17.6. The van der Waals surface area contributed by atoms with Gasteiger partial charge in [0.15, 0.2) is 0 Å². The van der Waals surface area contributed by atoms with E-state index in [4.69, 9.17) is 0 Å². The normalized spacial score (nSPS) is 13.2. The van der Waals surface area contributed by atoms with Crippen molar-refractivity contribution in [3.05, 3.63) is 78.4 Å². The largest absolute Gasteiger partial charge is 0.322 e. The molecule has 7 nitrogen and oxygen atoms in total. The lowest BCUT2D eigenvalue weighted by molar-refractivity contribution is 0.102. The van der Waals surface area contributed by atoms with Crippen molar-refractivity contribution >= 4 is 48.9 Å². The molecule has 0 aliphatic carbocycles. The third-order valence-electron chi connectivity index (χ3n) is 4.73. The predicted molar refractivity (Wildman–Crippen MR) is 128 cm³/mol. The SMILES string of the molecule is CN(c1ccc(S(C)=O)cc1)S(=O)(=O)c1cccc(C(=O)Nc2ccc(S(C)=O)cc2)c1. The number of carbonyl (C=O) groups is 1. The molecule has 0 saturated heterocycles. The second-order valence-corrected chi connectivity index (χ2v) is 11.6. The highest BCUT2D eigenvalue weighted by Gasteiger charge is 2.22. The van der Waals surface area contributed by atoms with Gasteiger partial charge in [-0.25, -0.2) is 8.42 Å². The van der Waals surface area contributed by atoms with Crippen molar-refractivity contribution in [3.8, 4) is 0 Å². The van der Waals surface area contributed by atoms with Gasteiger partial charge in [0.25, 0.3) is 15.9 Å². The Bertz CT molecular complexity index is 1290. The molecule has 0 aliphatic heterocycles. The smallest absolute Gasteiger partial charge is 0.264 e. The fraction of sp³-hybridized carbons (Fsp3) is 0.136. The first-order valence-corrected chi connectivity index (χ1v) is 13.9. The highest BCUT2D eigenvalue weighted by atomic mass is 32.2. The van der Waals surface area contributed by atoms with Crippen LogP contribution < -0.4 is 9.62 Å². The quantitative estimate of drug-likeness (QED) is 0.548. The van der Waals surface area contributed by atoms with Gasteiger partial charge in [0.1, 0.15) is 0 Å². The molecule has 10 heteroatoms. The molecule has 0 aromatic heterocycles. The highest BCUT2D eigenvalue weighted by molar-refractivity contribution is 7.92. The molecule has 2 atom stereocenters. The van der Waals surface area contributed by atoms with E-state index in [9.17, 15) is 21.6 Å². The van der Waals surface area contributed by atoms with Crippen LogP contribution in [0.2, 0.25) is 0 Å². The number of hydrogen-bond acceptors (Lipinski definition) is 5. The summed E-state index contributed by atoms with van der Waals surface area (Å²) in [7, 11) is -4.80. The number of anilines is 2. The fourth-order valence-electron chi connectivity index (χ4n) is 2.88. The van der Waals surface area contributed by atoms with Gasteiger partial charge in [0.2, 0.25) is 0 Å². The van der Waals surface area contributed by atoms with Gasteiger partial charge in [0.05, 0.1) is 10.6 Å². The molecule has 3 rings (SSSR count). The van der Waals surface area contributed by atoms with Gasteiger partial charge >= 0.3 is 0 Å². The van der Waals surface area contributed by atoms with Crippen molar-refractivity contribution in [2.75, 3.05) is 29.2 Å². The van der Waals surface area contributed by atoms with E-state index in [-0.39, 0.29) is 10.5 Å². The average molecular weight is 491 g/mol. The maximum atomic E-state index is 13.1. The Morgan fingerprint density at radius 2 is 1.38 bits per heavy atom. The molecule has 0 fully saturated rings. The van der Waals surface area contributed by atoms with Crippen molar-refractivity contribution in [2.45, 2.75) is 14.7 Å². The summed E-state index contributed by atoms with van der Waals surface area (Å²) in [6.45, 7) is 0. The van der Waals surface area contributed by atoms with Crippen molar-refractivity contribution < 1.29 is 21.6 Å². The number of nitrogens with one attached hydrogen (secondary N) is 1. The van der Waals surface area contributed by atoms with Gasteiger partial charge < -0.3 is 5.32 Å². The Kier molecular flexibility index (Phi) is 7.27. The summed E-state index contributed by atoms with van der Waals surface area (Å²) in [4.78, 5) is 13.8. The van der Waals surface area contributed by atoms with Gasteiger partial charge in [-0.2, -0.15) is 0 Å². The summed E-state index contributed by atoms with van der Waals surface area (Å²) in [5, 5.41) is 2.71. The lowest BCUT2D eigenvalue weighted by Gasteiger charge is -2.20. The topological polar surface area (TPSA) is 101 Å². The van der Waals surface area contributed by atoms with Crippen molar-refractivity contribution in [3.63, 3.8) is 0 Å². The van der Waals surface area contributed by atoms with Crippen LogP contribution in [-0.4, -0.2) is 42.3 Å². The lowest BCUT2D eigenvalue weighted by Crippen LogP contribution is -2.27. The Labute approximate surface area is 192 Å². The Hall–Kier alpha value is -2.82. The summed E-state index contributed by atoms with van der Waals surface area (Å²) >= 11 is 0. The first-order chi connectivity index (χ1) is 15.1. The summed E-state index contributed by atoms with van der Waals surface area (Å²) in [5.74, 6) is -0.468. The maximum Gasteiger partial charge on any atom is 0.264 e. The van der Waals surface area contributed by atoms with Crippen LogP contribution >= 0.6 is 0 Å². The molecule has 0 spiro atoms. The summed E-state index contributed by atoms with van der Waals surface area (Å²) in [6, 6.07) is 18.7. The van der Waals surface area contributed by atoms with Gasteiger partial charge in [-0.05, 0) is 66.7 Å². The summed E-state index contributed by atoms with van der Waals surface area (Å²) in [5.41, 5.74) is 1.09. The van der Waals surface area contributed by atoms with Gasteiger partial charge in [0, 0.05) is 62.2 Å². The van der Waals surface area contributed by atoms with E-state index in [2.05, 4.69) is 5.32 Å². The third kappa shape index (κ3) is 5.32. The standard InChI is InChI=1S/C22H22N2O5S3/c1-24(18-9-13-20(14-10-18)31(3)27)32(28,29)21-6-4-5-16(15-21)22(25)23-17-7-11-19(12-8-17)30(2)26/h4-15H,1-3H3,(H,23,25). The summed E-state index contributed by atoms with van der Waals surface area (Å²) < 4.78 is 50.3. The van der Waals surface area contributed by atoms with E-state index in [1.54, 1.807) is 61.0 Å². The molecule has 168 valence electrons.